The number of carbonyl (C=O) groups excluding carboxylic acids is 1. The van der Waals surface area contributed by atoms with E-state index in [2.05, 4.69) is 15.1 Å². The van der Waals surface area contributed by atoms with Gasteiger partial charge in [0.1, 0.15) is 5.76 Å². The van der Waals surface area contributed by atoms with Crippen molar-refractivity contribution in [2.45, 2.75) is 51.1 Å². The highest BCUT2D eigenvalue weighted by Crippen LogP contribution is 2.26. The fraction of sp³-hybridized carbons (Fsp3) is 0.400. The molecule has 3 aromatic rings. The molecule has 3 heterocycles. The van der Waals surface area contributed by atoms with Crippen LogP contribution in [0, 0.1) is 0 Å². The first kappa shape index (κ1) is 17.5. The van der Waals surface area contributed by atoms with Gasteiger partial charge in [-0.25, -0.2) is 0 Å². The van der Waals surface area contributed by atoms with Gasteiger partial charge < -0.3 is 13.8 Å². The van der Waals surface area contributed by atoms with Crippen molar-refractivity contribution in [2.75, 3.05) is 0 Å². The molecule has 3 aromatic heterocycles. The molecule has 0 radical (unpaired) electrons. The number of amides is 1. The van der Waals surface area contributed by atoms with E-state index in [9.17, 15) is 4.79 Å². The number of furan rings is 1. The summed E-state index contributed by atoms with van der Waals surface area (Å²) in [7, 11) is 0. The van der Waals surface area contributed by atoms with Gasteiger partial charge in [-0.15, -0.1) is 0 Å². The lowest BCUT2D eigenvalue weighted by atomic mass is 10.1. The molecule has 0 N–H and O–H groups in total. The second-order valence-electron chi connectivity index (χ2n) is 6.79. The third kappa shape index (κ3) is 4.24. The molecule has 7 nitrogen and oxygen atoms in total. The number of hydrogen-bond donors (Lipinski definition) is 0. The summed E-state index contributed by atoms with van der Waals surface area (Å²) in [5, 5.41) is 3.98. The topological polar surface area (TPSA) is 85.3 Å². The van der Waals surface area contributed by atoms with Gasteiger partial charge in [-0.05, 0) is 37.1 Å². The van der Waals surface area contributed by atoms with Gasteiger partial charge in [-0.1, -0.05) is 18.0 Å². The van der Waals surface area contributed by atoms with E-state index in [0.717, 1.165) is 24.2 Å². The Balaban J connectivity index is 1.40. The zero-order valence-corrected chi connectivity index (χ0v) is 15.1. The third-order valence-corrected chi connectivity index (χ3v) is 4.93. The van der Waals surface area contributed by atoms with Gasteiger partial charge in [0, 0.05) is 36.8 Å². The fourth-order valence-corrected chi connectivity index (χ4v) is 3.53. The molecular formula is C20H22N4O3. The van der Waals surface area contributed by atoms with Gasteiger partial charge in [-0.2, -0.15) is 4.98 Å². The molecule has 0 bridgehead atoms. The summed E-state index contributed by atoms with van der Waals surface area (Å²) in [5.74, 6) is 1.87. The molecule has 0 aromatic carbocycles. The molecule has 1 amide bonds. The first-order valence-electron chi connectivity index (χ1n) is 9.34. The molecule has 0 saturated heterocycles. The molecule has 4 rings (SSSR count). The Morgan fingerprint density at radius 2 is 2.11 bits per heavy atom. The van der Waals surface area contributed by atoms with E-state index in [1.807, 2.05) is 29.2 Å². The van der Waals surface area contributed by atoms with Crippen LogP contribution in [0.15, 0.2) is 51.9 Å². The summed E-state index contributed by atoms with van der Waals surface area (Å²) in [6.45, 7) is 0.515. The van der Waals surface area contributed by atoms with Crippen molar-refractivity contribution in [2.24, 2.45) is 0 Å². The minimum atomic E-state index is 0.0967. The molecule has 0 aliphatic heterocycles. The monoisotopic (exact) mass is 366 g/mol. The van der Waals surface area contributed by atoms with Crippen molar-refractivity contribution in [3.8, 4) is 11.4 Å². The molecule has 0 spiro atoms. The molecule has 1 saturated carbocycles. The van der Waals surface area contributed by atoms with E-state index >= 15 is 0 Å². The molecule has 1 aliphatic carbocycles. The molecule has 7 heteroatoms. The lowest BCUT2D eigenvalue weighted by molar-refractivity contribution is -0.134. The van der Waals surface area contributed by atoms with Crippen molar-refractivity contribution < 1.29 is 13.7 Å². The van der Waals surface area contributed by atoms with Crippen LogP contribution < -0.4 is 0 Å². The van der Waals surface area contributed by atoms with Gasteiger partial charge in [-0.3, -0.25) is 9.78 Å². The van der Waals surface area contributed by atoms with E-state index in [0.29, 0.717) is 31.1 Å². The van der Waals surface area contributed by atoms with Gasteiger partial charge in [0.2, 0.25) is 17.6 Å². The highest BCUT2D eigenvalue weighted by Gasteiger charge is 2.27. The largest absolute Gasteiger partial charge is 0.467 e. The molecule has 0 atom stereocenters. The van der Waals surface area contributed by atoms with E-state index in [4.69, 9.17) is 8.94 Å². The summed E-state index contributed by atoms with van der Waals surface area (Å²) < 4.78 is 10.8. The first-order chi connectivity index (χ1) is 13.3. The van der Waals surface area contributed by atoms with Crippen molar-refractivity contribution in [3.05, 3.63) is 54.6 Å². The maximum absolute atomic E-state index is 12.9. The Morgan fingerprint density at radius 1 is 1.22 bits per heavy atom. The Labute approximate surface area is 157 Å². The second-order valence-corrected chi connectivity index (χ2v) is 6.79. The molecule has 0 unspecified atom stereocenters. The summed E-state index contributed by atoms with van der Waals surface area (Å²) >= 11 is 0. The molecular weight excluding hydrogens is 344 g/mol. The van der Waals surface area contributed by atoms with E-state index in [1.54, 1.807) is 18.7 Å². The average molecular weight is 366 g/mol. The van der Waals surface area contributed by atoms with Gasteiger partial charge in [0.05, 0.1) is 12.8 Å². The minimum absolute atomic E-state index is 0.0967. The standard InChI is InChI=1S/C20H22N4O3/c25-19(24(16-6-1-2-7-16)14-17-8-4-12-26-17)10-9-18-22-20(23-27-18)15-5-3-11-21-13-15/h3-5,8,11-13,16H,1-2,6-7,9-10,14H2. The SMILES string of the molecule is O=C(CCc1nc(-c2cccnc2)no1)N(Cc1ccco1)C1CCCC1. The summed E-state index contributed by atoms with van der Waals surface area (Å²) in [4.78, 5) is 23.3. The number of rotatable bonds is 7. The van der Waals surface area contributed by atoms with Gasteiger partial charge >= 0.3 is 0 Å². The zero-order chi connectivity index (χ0) is 18.5. The number of hydrogen-bond acceptors (Lipinski definition) is 6. The molecule has 27 heavy (non-hydrogen) atoms. The Bertz CT molecular complexity index is 855. The molecule has 140 valence electrons. The van der Waals surface area contributed by atoms with Gasteiger partial charge in [0.25, 0.3) is 0 Å². The maximum atomic E-state index is 12.9. The van der Waals surface area contributed by atoms with Crippen LogP contribution in [0.5, 0.6) is 0 Å². The fourth-order valence-electron chi connectivity index (χ4n) is 3.53. The zero-order valence-electron chi connectivity index (χ0n) is 15.1. The highest BCUT2D eigenvalue weighted by atomic mass is 16.5. The van der Waals surface area contributed by atoms with Crippen molar-refractivity contribution in [1.29, 1.82) is 0 Å². The van der Waals surface area contributed by atoms with Crippen LogP contribution in [0.4, 0.5) is 0 Å². The Morgan fingerprint density at radius 3 is 2.85 bits per heavy atom. The summed E-state index contributed by atoms with van der Waals surface area (Å²) in [6, 6.07) is 7.75. The van der Waals surface area contributed by atoms with Crippen LogP contribution in [0.2, 0.25) is 0 Å². The number of pyridine rings is 1. The number of aromatic nitrogens is 3. The molecule has 1 fully saturated rings. The first-order valence-corrected chi connectivity index (χ1v) is 9.34. The van der Waals surface area contributed by atoms with Crippen molar-refractivity contribution >= 4 is 5.91 Å². The minimum Gasteiger partial charge on any atom is -0.467 e. The van der Waals surface area contributed by atoms with Crippen LogP contribution >= 0.6 is 0 Å². The second kappa shape index (κ2) is 8.16. The normalized spacial score (nSPS) is 14.5. The molecule has 1 aliphatic rings. The maximum Gasteiger partial charge on any atom is 0.227 e. The van der Waals surface area contributed by atoms with E-state index in [-0.39, 0.29) is 11.9 Å². The van der Waals surface area contributed by atoms with Crippen LogP contribution in [0.25, 0.3) is 11.4 Å². The van der Waals surface area contributed by atoms with Gasteiger partial charge in [0.15, 0.2) is 0 Å². The number of carbonyl (C=O) groups is 1. The van der Waals surface area contributed by atoms with Crippen molar-refractivity contribution in [3.63, 3.8) is 0 Å². The van der Waals surface area contributed by atoms with Crippen LogP contribution in [0.3, 0.4) is 0 Å². The predicted octanol–water partition coefficient (Wildman–Crippen LogP) is 3.63. The third-order valence-electron chi connectivity index (χ3n) is 4.93. The van der Waals surface area contributed by atoms with Crippen LogP contribution in [-0.4, -0.2) is 32.0 Å². The van der Waals surface area contributed by atoms with Crippen LogP contribution in [-0.2, 0) is 17.8 Å². The van der Waals surface area contributed by atoms with E-state index < -0.39 is 0 Å². The Hall–Kier alpha value is -2.96. The smallest absolute Gasteiger partial charge is 0.227 e. The number of aryl methyl sites for hydroxylation is 1. The van der Waals surface area contributed by atoms with Crippen molar-refractivity contribution in [1.82, 2.24) is 20.0 Å². The highest BCUT2D eigenvalue weighted by molar-refractivity contribution is 5.76. The lowest BCUT2D eigenvalue weighted by Gasteiger charge is -2.28. The predicted molar refractivity (Wildman–Crippen MR) is 97.4 cm³/mol. The number of nitrogens with zero attached hydrogens (tertiary/aromatic N) is 4. The Kier molecular flexibility index (Phi) is 5.27. The summed E-state index contributed by atoms with van der Waals surface area (Å²) in [6.07, 6.45) is 10.2. The summed E-state index contributed by atoms with van der Waals surface area (Å²) in [5.41, 5.74) is 0.796. The lowest BCUT2D eigenvalue weighted by Crippen LogP contribution is -2.38. The van der Waals surface area contributed by atoms with Crippen LogP contribution in [0.1, 0.15) is 43.8 Å². The van der Waals surface area contributed by atoms with E-state index in [1.165, 1.54) is 12.8 Å². The average Bonchev–Trinajstić information content (AvgIpc) is 3.47. The quantitative estimate of drug-likeness (QED) is 0.635.